The molecule has 0 fully saturated rings. The van der Waals surface area contributed by atoms with Crippen molar-refractivity contribution >= 4 is 69.5 Å². The number of rotatable bonds is 10. The van der Waals surface area contributed by atoms with Crippen LogP contribution in [0.4, 0.5) is 0 Å². The zero-order valence-electron chi connectivity index (χ0n) is 33.8. The Hall–Kier alpha value is -2.89. The van der Waals surface area contributed by atoms with Crippen molar-refractivity contribution in [3.05, 3.63) is 88.6 Å². The third-order valence-corrected chi connectivity index (χ3v) is 14.0. The molecule has 0 aliphatic carbocycles. The molecule has 0 aliphatic heterocycles. The first-order chi connectivity index (χ1) is 24.5. The zero-order valence-corrected chi connectivity index (χ0v) is 37.9. The van der Waals surface area contributed by atoms with Crippen LogP contribution in [0.5, 0.6) is 0 Å². The first-order valence-electron chi connectivity index (χ1n) is 19.1. The molecular formula is C47H58IrNO2S2-. The van der Waals surface area contributed by atoms with Crippen LogP contribution in [0, 0.1) is 29.7 Å². The van der Waals surface area contributed by atoms with E-state index in [0.29, 0.717) is 5.92 Å². The van der Waals surface area contributed by atoms with Gasteiger partial charge < -0.3 is 5.11 Å². The van der Waals surface area contributed by atoms with Gasteiger partial charge in [0.05, 0.1) is 0 Å². The van der Waals surface area contributed by atoms with Crippen molar-refractivity contribution < 1.29 is 30.0 Å². The summed E-state index contributed by atoms with van der Waals surface area (Å²) in [5, 5.41) is 16.5. The number of ketones is 1. The smallest absolute Gasteiger partial charge is 0.164 e. The number of pyridine rings is 1. The van der Waals surface area contributed by atoms with E-state index in [1.165, 1.54) is 57.7 Å². The number of nitrogens with zero attached hydrogens (tertiary/aromatic N) is 1. The van der Waals surface area contributed by atoms with Gasteiger partial charge in [-0.2, -0.15) is 0 Å². The van der Waals surface area contributed by atoms with E-state index in [9.17, 15) is 9.90 Å². The Balaban J connectivity index is 0.000000299. The monoisotopic (exact) mass is 925 g/mol. The van der Waals surface area contributed by atoms with E-state index in [1.54, 1.807) is 0 Å². The molecule has 0 saturated heterocycles. The fourth-order valence-corrected chi connectivity index (χ4v) is 9.56. The van der Waals surface area contributed by atoms with E-state index in [4.69, 9.17) is 4.98 Å². The van der Waals surface area contributed by atoms with Gasteiger partial charge >= 0.3 is 0 Å². The molecule has 285 valence electrons. The Morgan fingerprint density at radius 3 is 2.06 bits per heavy atom. The largest absolute Gasteiger partial charge is 0.512 e. The molecule has 3 aromatic carbocycles. The molecule has 1 N–H and O–H groups in total. The number of allylic oxidation sites excluding steroid dienone is 2. The van der Waals surface area contributed by atoms with Crippen LogP contribution in [-0.4, -0.2) is 15.9 Å². The number of benzene rings is 3. The zero-order chi connectivity index (χ0) is 38.2. The van der Waals surface area contributed by atoms with Gasteiger partial charge in [0.15, 0.2) is 5.78 Å². The van der Waals surface area contributed by atoms with Crippen molar-refractivity contribution in [3.63, 3.8) is 0 Å². The number of aryl methyl sites for hydroxylation is 1. The SMILES string of the molecule is CCC(C)(CC)C(=O)/C=C(\O)C(C)(CC)CC.Cc1c(CC(C)C)sc2cc3sc4ccnc(-c5[c-]c6ccccc6c(C(C)(C)C)c5)c4c3cc12.[Ir]. The second kappa shape index (κ2) is 16.9. The van der Waals surface area contributed by atoms with Gasteiger partial charge in [-0.25, -0.2) is 0 Å². The van der Waals surface area contributed by atoms with Crippen LogP contribution in [0.1, 0.15) is 118 Å². The topological polar surface area (TPSA) is 50.2 Å². The van der Waals surface area contributed by atoms with Crippen molar-refractivity contribution in [1.29, 1.82) is 0 Å². The number of aromatic nitrogens is 1. The third-order valence-electron chi connectivity index (χ3n) is 11.6. The van der Waals surface area contributed by atoms with Crippen LogP contribution in [0.15, 0.2) is 66.6 Å². The predicted octanol–water partition coefficient (Wildman–Crippen LogP) is 14.7. The Morgan fingerprint density at radius 1 is 0.830 bits per heavy atom. The molecule has 3 nitrogen and oxygen atoms in total. The predicted molar refractivity (Wildman–Crippen MR) is 229 cm³/mol. The second-order valence-corrected chi connectivity index (χ2v) is 18.8. The minimum Gasteiger partial charge on any atom is -0.512 e. The van der Waals surface area contributed by atoms with Crippen molar-refractivity contribution in [2.45, 2.75) is 121 Å². The number of hydrogen-bond donors (Lipinski definition) is 1. The van der Waals surface area contributed by atoms with Crippen LogP contribution in [0.2, 0.25) is 0 Å². The van der Waals surface area contributed by atoms with Gasteiger partial charge in [-0.05, 0) is 90.3 Å². The number of fused-ring (bicyclic) bond motifs is 5. The average Bonchev–Trinajstić information content (AvgIpc) is 3.64. The van der Waals surface area contributed by atoms with Gasteiger partial charge in [-0.1, -0.05) is 105 Å². The third kappa shape index (κ3) is 8.67. The van der Waals surface area contributed by atoms with E-state index in [-0.39, 0.29) is 47.9 Å². The molecule has 0 aliphatic rings. The van der Waals surface area contributed by atoms with Crippen molar-refractivity contribution in [2.24, 2.45) is 16.7 Å². The fourth-order valence-electron chi connectivity index (χ4n) is 6.92. The maximum absolute atomic E-state index is 12.2. The Morgan fingerprint density at radius 2 is 1.45 bits per heavy atom. The molecule has 6 aromatic rings. The summed E-state index contributed by atoms with van der Waals surface area (Å²) in [7, 11) is 0. The molecule has 3 heterocycles. The van der Waals surface area contributed by atoms with E-state index in [1.807, 2.05) is 70.4 Å². The maximum Gasteiger partial charge on any atom is 0.164 e. The van der Waals surface area contributed by atoms with Gasteiger partial charge in [-0.15, -0.1) is 51.8 Å². The summed E-state index contributed by atoms with van der Waals surface area (Å²) in [4.78, 5) is 18.7. The summed E-state index contributed by atoms with van der Waals surface area (Å²) in [5.41, 5.74) is 4.34. The van der Waals surface area contributed by atoms with Crippen LogP contribution in [0.3, 0.4) is 0 Å². The summed E-state index contributed by atoms with van der Waals surface area (Å²) < 4.78 is 4.04. The second-order valence-electron chi connectivity index (χ2n) is 16.5. The van der Waals surface area contributed by atoms with E-state index < -0.39 is 0 Å². The van der Waals surface area contributed by atoms with Gasteiger partial charge in [0.1, 0.15) is 5.76 Å². The molecule has 3 aromatic heterocycles. The van der Waals surface area contributed by atoms with Gasteiger partial charge in [0, 0.05) is 67.9 Å². The van der Waals surface area contributed by atoms with Crippen molar-refractivity contribution in [2.75, 3.05) is 0 Å². The van der Waals surface area contributed by atoms with E-state index in [0.717, 1.165) is 48.7 Å². The molecule has 0 saturated carbocycles. The van der Waals surface area contributed by atoms with Crippen LogP contribution in [-0.2, 0) is 36.7 Å². The quantitative estimate of drug-likeness (QED) is 0.0846. The normalized spacial score (nSPS) is 12.8. The van der Waals surface area contributed by atoms with Crippen molar-refractivity contribution in [3.8, 4) is 11.3 Å². The standard InChI is InChI=1S/C32H30NS2.C15H28O2.Ir/c1-18(2)13-27-19(3)23-16-24-29(17-28(23)35-27)34-26-11-12-33-31(30(24)26)21-14-20-9-7-8-10-22(20)25(15-21)32(4,5)6;1-7-14(5,8-2)12(16)11-13(17)15(6,9-3)10-4;/h7-12,15-18H,13H2,1-6H3;11,16H,7-10H2,1-6H3;/q-1;;/b;12-11-;. The van der Waals surface area contributed by atoms with Gasteiger partial charge in [0.25, 0.3) is 0 Å². The Labute approximate surface area is 339 Å². The van der Waals surface area contributed by atoms with Crippen LogP contribution in [0.25, 0.3) is 52.3 Å². The molecule has 0 atom stereocenters. The molecule has 6 rings (SSSR count). The van der Waals surface area contributed by atoms with E-state index in [2.05, 4.69) is 96.1 Å². The maximum atomic E-state index is 12.2. The number of carbonyl (C=O) groups is 1. The summed E-state index contributed by atoms with van der Waals surface area (Å²) in [6, 6.07) is 21.7. The first kappa shape index (κ1) is 42.8. The van der Waals surface area contributed by atoms with Gasteiger partial charge in [0.2, 0.25) is 0 Å². The van der Waals surface area contributed by atoms with Crippen LogP contribution < -0.4 is 0 Å². The number of thiophene rings is 2. The molecule has 53 heavy (non-hydrogen) atoms. The Bertz CT molecular complexity index is 2260. The molecule has 6 heteroatoms. The summed E-state index contributed by atoms with van der Waals surface area (Å²) in [5.74, 6) is 0.953. The van der Waals surface area contributed by atoms with Crippen LogP contribution >= 0.6 is 22.7 Å². The first-order valence-corrected chi connectivity index (χ1v) is 20.8. The number of aliphatic hydroxyl groups is 1. The number of carbonyl (C=O) groups excluding carboxylic acids is 1. The van der Waals surface area contributed by atoms with E-state index >= 15 is 0 Å². The number of aliphatic hydroxyl groups excluding tert-OH is 1. The minimum absolute atomic E-state index is 0. The number of hydrogen-bond acceptors (Lipinski definition) is 5. The Kier molecular flexibility index (Phi) is 13.6. The van der Waals surface area contributed by atoms with Gasteiger partial charge in [-0.3, -0.25) is 9.78 Å². The summed E-state index contributed by atoms with van der Waals surface area (Å²) in [6.45, 7) is 25.9. The summed E-state index contributed by atoms with van der Waals surface area (Å²) in [6.07, 6.45) is 7.86. The molecular weight excluding hydrogens is 867 g/mol. The average molecular weight is 925 g/mol. The molecule has 0 spiro atoms. The molecule has 0 bridgehead atoms. The molecule has 1 radical (unpaired) electrons. The summed E-state index contributed by atoms with van der Waals surface area (Å²) >= 11 is 3.85. The fraction of sp³-hybridized carbons (Fsp3) is 0.447. The molecule has 0 unspecified atom stereocenters. The van der Waals surface area contributed by atoms with Crippen molar-refractivity contribution in [1.82, 2.24) is 4.98 Å². The molecule has 0 amide bonds. The minimum atomic E-state index is -0.337.